The highest BCUT2D eigenvalue weighted by atomic mass is 15.2. The van der Waals surface area contributed by atoms with E-state index < -0.39 is 0 Å². The van der Waals surface area contributed by atoms with Crippen molar-refractivity contribution >= 4 is 60.6 Å². The molecule has 0 saturated heterocycles. The zero-order valence-electron chi connectivity index (χ0n) is 34.4. The Morgan fingerprint density at radius 2 is 0.857 bits per heavy atom. The highest BCUT2D eigenvalue weighted by Gasteiger charge is 2.29. The number of aromatic nitrogens is 5. The van der Waals surface area contributed by atoms with Crippen LogP contribution in [0.15, 0.2) is 206 Å². The molecule has 0 aliphatic heterocycles. The van der Waals surface area contributed by atoms with Crippen LogP contribution in [0.5, 0.6) is 0 Å². The second-order valence-corrected chi connectivity index (χ2v) is 16.5. The van der Waals surface area contributed by atoms with Gasteiger partial charge >= 0.3 is 0 Å². The van der Waals surface area contributed by atoms with Crippen LogP contribution in [-0.4, -0.2) is 23.7 Å². The lowest BCUT2D eigenvalue weighted by atomic mass is 9.99. The Labute approximate surface area is 364 Å². The Balaban J connectivity index is 1.26. The monoisotopic (exact) mass is 805 g/mol. The van der Waals surface area contributed by atoms with Crippen LogP contribution in [0.25, 0.3) is 112 Å². The fraction of sp³-hybridized carbons (Fsp3) is 0.0345. The van der Waals surface area contributed by atoms with E-state index in [2.05, 4.69) is 226 Å². The van der Waals surface area contributed by atoms with Crippen molar-refractivity contribution in [2.75, 3.05) is 0 Å². The second-order valence-electron chi connectivity index (χ2n) is 16.5. The minimum atomic E-state index is 0.817. The third-order valence-corrected chi connectivity index (χ3v) is 12.9. The minimum Gasteiger partial charge on any atom is -0.306 e. The molecule has 1 aliphatic carbocycles. The summed E-state index contributed by atoms with van der Waals surface area (Å²) in [6, 6.07) is 71.8. The summed E-state index contributed by atoms with van der Waals surface area (Å²) in [4.78, 5) is 11.6. The van der Waals surface area contributed by atoms with Crippen molar-refractivity contribution in [3.63, 3.8) is 0 Å². The number of hydrogen-bond donors (Lipinski definition) is 0. The lowest BCUT2D eigenvalue weighted by Gasteiger charge is -2.23. The first-order valence-corrected chi connectivity index (χ1v) is 21.7. The highest BCUT2D eigenvalue weighted by molar-refractivity contribution is 6.11. The smallest absolute Gasteiger partial charge is 0.165 e. The number of nitrogens with zero attached hydrogens (tertiary/aromatic N) is 5. The molecule has 7 aromatic carbocycles. The van der Waals surface area contributed by atoms with Gasteiger partial charge < -0.3 is 4.57 Å². The van der Waals surface area contributed by atoms with Gasteiger partial charge in [0.25, 0.3) is 0 Å². The summed E-state index contributed by atoms with van der Waals surface area (Å²) in [5.74, 6) is 1.65. The van der Waals surface area contributed by atoms with Gasteiger partial charge in [-0.05, 0) is 84.1 Å². The van der Waals surface area contributed by atoms with E-state index in [1.54, 1.807) is 0 Å². The Morgan fingerprint density at radius 3 is 1.44 bits per heavy atom. The van der Waals surface area contributed by atoms with Gasteiger partial charge in [-0.15, -0.1) is 0 Å². The van der Waals surface area contributed by atoms with E-state index in [4.69, 9.17) is 9.97 Å². The number of hydrogen-bond acceptors (Lipinski definition) is 2. The van der Waals surface area contributed by atoms with Crippen LogP contribution in [0.2, 0.25) is 0 Å². The number of pyridine rings is 2. The summed E-state index contributed by atoms with van der Waals surface area (Å²) >= 11 is 0. The number of fused-ring (bicyclic) bond motifs is 9. The first-order valence-electron chi connectivity index (χ1n) is 21.7. The van der Waals surface area contributed by atoms with Crippen molar-refractivity contribution in [1.82, 2.24) is 23.7 Å². The predicted octanol–water partition coefficient (Wildman–Crippen LogP) is 14.6. The molecular weight excluding hydrogens is 767 g/mol. The third kappa shape index (κ3) is 5.49. The van der Waals surface area contributed by atoms with Gasteiger partial charge in [-0.1, -0.05) is 158 Å². The van der Waals surface area contributed by atoms with Gasteiger partial charge in [-0.2, -0.15) is 0 Å². The van der Waals surface area contributed by atoms with Crippen LogP contribution < -0.4 is 0 Å². The van der Waals surface area contributed by atoms with Crippen LogP contribution in [0, 0.1) is 0 Å². The molecule has 0 N–H and O–H groups in total. The summed E-state index contributed by atoms with van der Waals surface area (Å²) in [5, 5.41) is 5.99. The Hall–Kier alpha value is -8.28. The van der Waals surface area contributed by atoms with Crippen molar-refractivity contribution in [3.05, 3.63) is 218 Å². The fourth-order valence-electron chi connectivity index (χ4n) is 10.2. The average molecular weight is 806 g/mol. The maximum absolute atomic E-state index is 5.97. The first kappa shape index (κ1) is 35.5. The van der Waals surface area contributed by atoms with Gasteiger partial charge in [0.1, 0.15) is 5.82 Å². The van der Waals surface area contributed by atoms with Gasteiger partial charge in [0, 0.05) is 43.8 Å². The van der Waals surface area contributed by atoms with Gasteiger partial charge in [0.05, 0.1) is 44.7 Å². The maximum Gasteiger partial charge on any atom is 0.165 e. The van der Waals surface area contributed by atoms with Crippen LogP contribution in [0.1, 0.15) is 17.7 Å². The highest BCUT2D eigenvalue weighted by Crippen LogP contribution is 2.44. The molecule has 0 unspecified atom stereocenters. The number of para-hydroxylation sites is 5. The average Bonchev–Trinajstić information content (AvgIpc) is 4.00. The molecule has 0 radical (unpaired) electrons. The number of rotatable bonds is 6. The van der Waals surface area contributed by atoms with Crippen LogP contribution >= 0.6 is 0 Å². The van der Waals surface area contributed by atoms with E-state index in [-0.39, 0.29) is 0 Å². The second kappa shape index (κ2) is 14.2. The van der Waals surface area contributed by atoms with E-state index in [1.807, 2.05) is 0 Å². The predicted molar refractivity (Wildman–Crippen MR) is 261 cm³/mol. The topological polar surface area (TPSA) is 40.6 Å². The van der Waals surface area contributed by atoms with Gasteiger partial charge in [0.15, 0.2) is 5.82 Å². The summed E-state index contributed by atoms with van der Waals surface area (Å²) in [6.45, 7) is 0. The minimum absolute atomic E-state index is 0.817. The molecule has 63 heavy (non-hydrogen) atoms. The van der Waals surface area contributed by atoms with Crippen LogP contribution in [-0.2, 0) is 6.42 Å². The quantitative estimate of drug-likeness (QED) is 0.168. The molecule has 13 rings (SSSR count). The van der Waals surface area contributed by atoms with Crippen molar-refractivity contribution in [2.45, 2.75) is 12.8 Å². The first-order chi connectivity index (χ1) is 31.3. The summed E-state index contributed by atoms with van der Waals surface area (Å²) in [6.07, 6.45) is 6.60. The molecule has 12 aromatic rings. The fourth-order valence-corrected chi connectivity index (χ4v) is 10.2. The molecule has 5 aromatic heterocycles. The zero-order chi connectivity index (χ0) is 41.4. The standard InChI is InChI=1S/C58H39N5/c1-3-19-38(20-4-1)40-35-48(39-21-5-2-6-22-39)59-49(36-40)47-37-56(61-50-29-13-7-23-41(50)42-24-8-14-30-51(42)61)60-58(63-54-33-17-11-27-45(54)46-28-12-18-34-55(46)63)57(47)62-52-31-15-9-25-43(52)44-26-10-16-32-53(44)62/h1-9,11-25,27-37H,10,26H2. The van der Waals surface area contributed by atoms with E-state index in [0.29, 0.717) is 0 Å². The molecule has 0 amide bonds. The Morgan fingerprint density at radius 1 is 0.381 bits per heavy atom. The van der Waals surface area contributed by atoms with E-state index in [1.165, 1.54) is 38.2 Å². The molecule has 0 atom stereocenters. The van der Waals surface area contributed by atoms with Crippen LogP contribution in [0.4, 0.5) is 0 Å². The van der Waals surface area contributed by atoms with Crippen molar-refractivity contribution < 1.29 is 0 Å². The largest absolute Gasteiger partial charge is 0.306 e. The van der Waals surface area contributed by atoms with E-state index in [0.717, 1.165) is 91.4 Å². The molecule has 0 fully saturated rings. The molecule has 0 bridgehead atoms. The van der Waals surface area contributed by atoms with Gasteiger partial charge in [0.2, 0.25) is 0 Å². The molecule has 1 aliphatic rings. The van der Waals surface area contributed by atoms with Gasteiger partial charge in [-0.25, -0.2) is 9.97 Å². The van der Waals surface area contributed by atoms with Crippen molar-refractivity contribution in [2.24, 2.45) is 0 Å². The zero-order valence-corrected chi connectivity index (χ0v) is 34.4. The molecule has 296 valence electrons. The number of aryl methyl sites for hydroxylation is 1. The third-order valence-electron chi connectivity index (χ3n) is 12.9. The normalized spacial score (nSPS) is 12.6. The molecule has 0 spiro atoms. The van der Waals surface area contributed by atoms with Crippen LogP contribution in [0.3, 0.4) is 0 Å². The Bertz CT molecular complexity index is 3630. The number of benzene rings is 7. The lowest BCUT2D eigenvalue weighted by Crippen LogP contribution is -2.13. The molecule has 0 saturated carbocycles. The van der Waals surface area contributed by atoms with E-state index >= 15 is 0 Å². The maximum atomic E-state index is 5.97. The molecule has 5 heterocycles. The summed E-state index contributed by atoms with van der Waals surface area (Å²) in [5.41, 5.74) is 15.1. The molecule has 5 nitrogen and oxygen atoms in total. The lowest BCUT2D eigenvalue weighted by molar-refractivity contribution is 0.942. The summed E-state index contributed by atoms with van der Waals surface area (Å²) < 4.78 is 7.22. The Kier molecular flexibility index (Phi) is 7.97. The van der Waals surface area contributed by atoms with E-state index in [9.17, 15) is 0 Å². The summed E-state index contributed by atoms with van der Waals surface area (Å²) in [7, 11) is 0. The molecule has 5 heteroatoms. The number of allylic oxidation sites excluding steroid dienone is 1. The van der Waals surface area contributed by atoms with Crippen molar-refractivity contribution in [3.8, 4) is 51.0 Å². The van der Waals surface area contributed by atoms with Gasteiger partial charge in [-0.3, -0.25) is 9.13 Å². The molecular formula is C58H39N5. The SMILES string of the molecule is C1=Cc2c(c3ccccc3n2-c2c(-c3cc(-c4ccccc4)cc(-c4ccccc4)n3)cc(-n3c4ccccc4c4ccccc43)nc2-n2c3ccccc3c3ccccc32)CC1. The van der Waals surface area contributed by atoms with Crippen molar-refractivity contribution in [1.29, 1.82) is 0 Å².